The molecule has 0 bridgehead atoms. The smallest absolute Gasteiger partial charge is 0.326 e. The maximum Gasteiger partial charge on any atom is 0.326 e. The molecule has 3 atom stereocenters. The normalized spacial score (nSPS) is 17.3. The molecular formula is C27H23ClF2N2O7. The number of aliphatic carboxylic acids is 1. The lowest BCUT2D eigenvalue weighted by atomic mass is 10.0. The Morgan fingerprint density at radius 3 is 2.23 bits per heavy atom. The average Bonchev–Trinajstić information content (AvgIpc) is 3.41. The van der Waals surface area contributed by atoms with Gasteiger partial charge in [-0.15, -0.1) is 0 Å². The summed E-state index contributed by atoms with van der Waals surface area (Å²) in [6, 6.07) is 14.8. The van der Waals surface area contributed by atoms with Crippen molar-refractivity contribution in [3.05, 3.63) is 94.5 Å². The van der Waals surface area contributed by atoms with Gasteiger partial charge in [0, 0.05) is 6.42 Å². The first kappa shape index (κ1) is 28.0. The van der Waals surface area contributed by atoms with Crippen LogP contribution >= 0.6 is 11.6 Å². The topological polar surface area (TPSA) is 123 Å². The molecule has 3 aromatic rings. The lowest BCUT2D eigenvalue weighted by Gasteiger charge is -2.20. The first-order chi connectivity index (χ1) is 18.7. The Morgan fingerprint density at radius 2 is 1.59 bits per heavy atom. The van der Waals surface area contributed by atoms with E-state index in [0.717, 1.165) is 12.1 Å². The summed E-state index contributed by atoms with van der Waals surface area (Å²) in [5, 5.41) is 14.9. The van der Waals surface area contributed by atoms with Crippen LogP contribution in [0.25, 0.3) is 0 Å². The molecule has 0 spiro atoms. The molecule has 0 radical (unpaired) electrons. The molecule has 1 aliphatic rings. The van der Waals surface area contributed by atoms with Gasteiger partial charge in [0.05, 0.1) is 16.3 Å². The molecule has 2 amide bonds. The van der Waals surface area contributed by atoms with Crippen LogP contribution in [0.15, 0.2) is 66.7 Å². The van der Waals surface area contributed by atoms with Crippen molar-refractivity contribution in [2.45, 2.75) is 31.3 Å². The molecule has 39 heavy (non-hydrogen) atoms. The number of nitrogens with one attached hydrogen (secondary N) is 2. The van der Waals surface area contributed by atoms with Gasteiger partial charge in [-0.1, -0.05) is 41.9 Å². The second-order valence-electron chi connectivity index (χ2n) is 8.50. The number of para-hydroxylation sites is 1. The van der Waals surface area contributed by atoms with Crippen molar-refractivity contribution in [3.8, 4) is 5.75 Å². The number of carboxylic acids is 1. The average molecular weight is 561 g/mol. The number of anilines is 1. The zero-order valence-electron chi connectivity index (χ0n) is 20.2. The molecule has 3 N–H and O–H groups in total. The largest absolute Gasteiger partial charge is 0.489 e. The zero-order valence-corrected chi connectivity index (χ0v) is 21.0. The Bertz CT molecular complexity index is 1340. The lowest BCUT2D eigenvalue weighted by molar-refractivity contribution is -0.144. The van der Waals surface area contributed by atoms with E-state index in [1.165, 1.54) is 18.2 Å². The second-order valence-corrected chi connectivity index (χ2v) is 8.91. The van der Waals surface area contributed by atoms with Crippen LogP contribution in [0.3, 0.4) is 0 Å². The standard InChI is InChI=1S/C27H23ClF2N2O7/c28-18-4-1-2-7-21(18)31-25(33)23-24(39-14-38-23)26(34)32-22(27(35)36)12-15-8-10-16(11-9-15)37-13-17-19(29)5-3-6-20(17)30/h1-11,22-24H,12-14H2,(H,31,33)(H,32,34)(H,35,36)/t22-,23+,24+/m0/s1. The summed E-state index contributed by atoms with van der Waals surface area (Å²) in [6.07, 6.45) is -2.82. The molecule has 1 saturated heterocycles. The summed E-state index contributed by atoms with van der Waals surface area (Å²) < 4.78 is 43.5. The summed E-state index contributed by atoms with van der Waals surface area (Å²) in [6.45, 7) is -0.672. The van der Waals surface area contributed by atoms with E-state index in [1.807, 2.05) is 0 Å². The maximum absolute atomic E-state index is 13.8. The van der Waals surface area contributed by atoms with Crippen molar-refractivity contribution in [2.75, 3.05) is 12.1 Å². The van der Waals surface area contributed by atoms with E-state index in [1.54, 1.807) is 36.4 Å². The number of carbonyl (C=O) groups excluding carboxylic acids is 2. The number of ether oxygens (including phenoxy) is 3. The predicted molar refractivity (Wildman–Crippen MR) is 135 cm³/mol. The molecule has 1 fully saturated rings. The molecule has 1 aliphatic heterocycles. The Kier molecular flexibility index (Phi) is 9.07. The van der Waals surface area contributed by atoms with Gasteiger partial charge in [0.2, 0.25) is 0 Å². The minimum Gasteiger partial charge on any atom is -0.489 e. The molecule has 4 rings (SSSR count). The number of amides is 2. The van der Waals surface area contributed by atoms with Gasteiger partial charge >= 0.3 is 5.97 Å². The number of carboxylic acid groups (broad SMARTS) is 1. The molecule has 3 aromatic carbocycles. The summed E-state index contributed by atoms with van der Waals surface area (Å²) in [5.74, 6) is -3.99. The fourth-order valence-corrected chi connectivity index (χ4v) is 3.97. The van der Waals surface area contributed by atoms with Gasteiger partial charge in [0.1, 0.15) is 36.8 Å². The van der Waals surface area contributed by atoms with Crippen LogP contribution < -0.4 is 15.4 Å². The number of halogens is 3. The first-order valence-electron chi connectivity index (χ1n) is 11.7. The monoisotopic (exact) mass is 560 g/mol. The number of benzene rings is 3. The Labute approximate surface area is 226 Å². The highest BCUT2D eigenvalue weighted by molar-refractivity contribution is 6.33. The molecule has 0 unspecified atom stereocenters. The summed E-state index contributed by atoms with van der Waals surface area (Å²) in [4.78, 5) is 37.4. The minimum atomic E-state index is -1.39. The van der Waals surface area contributed by atoms with Crippen LogP contribution in [0, 0.1) is 11.6 Å². The fourth-order valence-electron chi connectivity index (χ4n) is 3.79. The highest BCUT2D eigenvalue weighted by atomic mass is 35.5. The second kappa shape index (κ2) is 12.7. The van der Waals surface area contributed by atoms with Crippen molar-refractivity contribution < 1.29 is 42.5 Å². The Morgan fingerprint density at radius 1 is 0.949 bits per heavy atom. The van der Waals surface area contributed by atoms with Gasteiger partial charge in [-0.3, -0.25) is 9.59 Å². The highest BCUT2D eigenvalue weighted by Gasteiger charge is 2.41. The summed E-state index contributed by atoms with van der Waals surface area (Å²) in [5.41, 5.74) is 0.629. The van der Waals surface area contributed by atoms with Gasteiger partial charge in [0.25, 0.3) is 11.8 Å². The quantitative estimate of drug-likeness (QED) is 0.345. The van der Waals surface area contributed by atoms with Gasteiger partial charge in [0.15, 0.2) is 12.2 Å². The van der Waals surface area contributed by atoms with E-state index in [4.69, 9.17) is 25.8 Å². The van der Waals surface area contributed by atoms with Crippen molar-refractivity contribution in [1.82, 2.24) is 5.32 Å². The van der Waals surface area contributed by atoms with E-state index in [-0.39, 0.29) is 30.4 Å². The highest BCUT2D eigenvalue weighted by Crippen LogP contribution is 2.23. The number of rotatable bonds is 10. The zero-order chi connectivity index (χ0) is 27.9. The van der Waals surface area contributed by atoms with Crippen LogP contribution in [0.5, 0.6) is 5.75 Å². The third kappa shape index (κ3) is 7.08. The van der Waals surface area contributed by atoms with Gasteiger partial charge in [-0.25, -0.2) is 13.6 Å². The number of carbonyl (C=O) groups is 3. The van der Waals surface area contributed by atoms with Crippen LogP contribution in [-0.2, 0) is 36.9 Å². The number of hydrogen-bond donors (Lipinski definition) is 3. The molecule has 12 heteroatoms. The Balaban J connectivity index is 1.35. The van der Waals surface area contributed by atoms with Gasteiger partial charge < -0.3 is 30.0 Å². The van der Waals surface area contributed by atoms with Crippen molar-refractivity contribution in [2.24, 2.45) is 0 Å². The fraction of sp³-hybridized carbons (Fsp3) is 0.222. The van der Waals surface area contributed by atoms with E-state index < -0.39 is 47.7 Å². The van der Waals surface area contributed by atoms with E-state index >= 15 is 0 Å². The first-order valence-corrected chi connectivity index (χ1v) is 12.1. The van der Waals surface area contributed by atoms with Crippen molar-refractivity contribution >= 4 is 35.1 Å². The molecule has 204 valence electrons. The van der Waals surface area contributed by atoms with E-state index in [9.17, 15) is 28.3 Å². The van der Waals surface area contributed by atoms with Crippen molar-refractivity contribution in [3.63, 3.8) is 0 Å². The van der Waals surface area contributed by atoms with Crippen molar-refractivity contribution in [1.29, 1.82) is 0 Å². The predicted octanol–water partition coefficient (Wildman–Crippen LogP) is 3.69. The van der Waals surface area contributed by atoms with E-state index in [0.29, 0.717) is 17.0 Å². The summed E-state index contributed by atoms with van der Waals surface area (Å²) in [7, 11) is 0. The molecule has 0 aromatic heterocycles. The molecular weight excluding hydrogens is 538 g/mol. The van der Waals surface area contributed by atoms with Crippen LogP contribution in [0.4, 0.5) is 14.5 Å². The van der Waals surface area contributed by atoms with Crippen LogP contribution in [0.1, 0.15) is 11.1 Å². The third-order valence-electron chi connectivity index (χ3n) is 5.84. The molecule has 0 saturated carbocycles. The van der Waals surface area contributed by atoms with E-state index in [2.05, 4.69) is 10.6 Å². The SMILES string of the molecule is O=C(O)[C@H](Cc1ccc(OCc2c(F)cccc2F)cc1)NC(=O)[C@@H]1OCO[C@H]1C(=O)Nc1ccccc1Cl. The van der Waals surface area contributed by atoms with Crippen LogP contribution in [0.2, 0.25) is 5.02 Å². The maximum atomic E-state index is 13.8. The molecule has 9 nitrogen and oxygen atoms in total. The molecule has 0 aliphatic carbocycles. The number of hydrogen-bond acceptors (Lipinski definition) is 6. The summed E-state index contributed by atoms with van der Waals surface area (Å²) >= 11 is 6.05. The minimum absolute atomic E-state index is 0.104. The molecule has 1 heterocycles. The van der Waals surface area contributed by atoms with Gasteiger partial charge in [-0.05, 0) is 42.0 Å². The van der Waals surface area contributed by atoms with Gasteiger partial charge in [-0.2, -0.15) is 0 Å². The van der Waals surface area contributed by atoms with Crippen LogP contribution in [-0.4, -0.2) is 47.9 Å². The third-order valence-corrected chi connectivity index (χ3v) is 6.17. The Hall–Kier alpha value is -4.06. The lowest BCUT2D eigenvalue weighted by Crippen LogP contribution is -2.51.